The Morgan fingerprint density at radius 1 is 0.941 bits per heavy atom. The van der Waals surface area contributed by atoms with E-state index in [-0.39, 0.29) is 0 Å². The number of aryl methyl sites for hydroxylation is 1. The van der Waals surface area contributed by atoms with Gasteiger partial charge in [-0.3, -0.25) is 0 Å². The third kappa shape index (κ3) is 5.22. The zero-order valence-corrected chi connectivity index (χ0v) is 20.2. The van der Waals surface area contributed by atoms with Crippen LogP contribution in [-0.2, 0) is 0 Å². The molecule has 0 unspecified atom stereocenters. The minimum Gasteiger partial charge on any atom is -0.367 e. The van der Waals surface area contributed by atoms with Gasteiger partial charge in [-0.15, -0.1) is 0 Å². The maximum atomic E-state index is 5.98. The molecule has 170 valence electrons. The summed E-state index contributed by atoms with van der Waals surface area (Å²) in [5.41, 5.74) is 6.01. The molecule has 0 atom stereocenters. The first-order valence-electron chi connectivity index (χ1n) is 11.6. The summed E-state index contributed by atoms with van der Waals surface area (Å²) in [6, 6.07) is 20.6. The first kappa shape index (κ1) is 22.4. The van der Waals surface area contributed by atoms with E-state index in [2.05, 4.69) is 59.2 Å². The van der Waals surface area contributed by atoms with E-state index < -0.39 is 0 Å². The SMILES string of the molecule is Cc1cc(NC2CCN(C)CC2)nc2ccc(C#Cc3ccc(-c4ccc(Cl)cc4)cn3)cc12. The second-order valence-electron chi connectivity index (χ2n) is 8.97. The number of nitrogens with zero attached hydrogens (tertiary/aromatic N) is 3. The molecule has 0 spiro atoms. The highest BCUT2D eigenvalue weighted by atomic mass is 35.5. The third-order valence-electron chi connectivity index (χ3n) is 6.36. The van der Waals surface area contributed by atoms with E-state index in [4.69, 9.17) is 16.6 Å². The van der Waals surface area contributed by atoms with Gasteiger partial charge in [-0.2, -0.15) is 0 Å². The van der Waals surface area contributed by atoms with Crippen LogP contribution in [0.15, 0.2) is 66.9 Å². The molecular formula is C29H27ClN4. The summed E-state index contributed by atoms with van der Waals surface area (Å²) < 4.78 is 0. The number of anilines is 1. The van der Waals surface area contributed by atoms with Gasteiger partial charge in [-0.1, -0.05) is 35.7 Å². The van der Waals surface area contributed by atoms with Crippen molar-refractivity contribution in [1.82, 2.24) is 14.9 Å². The van der Waals surface area contributed by atoms with Crippen molar-refractivity contribution in [1.29, 1.82) is 0 Å². The van der Waals surface area contributed by atoms with Gasteiger partial charge in [0.05, 0.1) is 5.52 Å². The predicted molar refractivity (Wildman–Crippen MR) is 141 cm³/mol. The number of piperidine rings is 1. The Kier molecular flexibility index (Phi) is 6.49. The number of fused-ring (bicyclic) bond motifs is 1. The van der Waals surface area contributed by atoms with Crippen molar-refractivity contribution in [3.8, 4) is 23.0 Å². The lowest BCUT2D eigenvalue weighted by atomic mass is 10.0. The summed E-state index contributed by atoms with van der Waals surface area (Å²) in [6.45, 7) is 4.40. The average molecular weight is 467 g/mol. The normalized spacial score (nSPS) is 14.6. The molecule has 1 fully saturated rings. The predicted octanol–water partition coefficient (Wildman–Crippen LogP) is 6.16. The molecule has 1 aliphatic rings. The lowest BCUT2D eigenvalue weighted by Crippen LogP contribution is -2.36. The fraction of sp³-hybridized carbons (Fsp3) is 0.241. The Morgan fingerprint density at radius 2 is 1.71 bits per heavy atom. The number of benzene rings is 2. The highest BCUT2D eigenvalue weighted by Gasteiger charge is 2.17. The Balaban J connectivity index is 1.32. The van der Waals surface area contributed by atoms with E-state index in [0.717, 1.165) is 70.1 Å². The summed E-state index contributed by atoms with van der Waals surface area (Å²) in [6.07, 6.45) is 4.15. The van der Waals surface area contributed by atoms with Crippen LogP contribution in [0.2, 0.25) is 5.02 Å². The first-order chi connectivity index (χ1) is 16.5. The zero-order chi connectivity index (χ0) is 23.5. The van der Waals surface area contributed by atoms with Gasteiger partial charge in [0, 0.05) is 33.8 Å². The van der Waals surface area contributed by atoms with E-state index >= 15 is 0 Å². The minimum atomic E-state index is 0.490. The lowest BCUT2D eigenvalue weighted by Gasteiger charge is -2.29. The maximum Gasteiger partial charge on any atom is 0.127 e. The van der Waals surface area contributed by atoms with Crippen molar-refractivity contribution >= 4 is 28.3 Å². The minimum absolute atomic E-state index is 0.490. The number of likely N-dealkylation sites (tertiary alicyclic amines) is 1. The maximum absolute atomic E-state index is 5.98. The Bertz CT molecular complexity index is 1360. The summed E-state index contributed by atoms with van der Waals surface area (Å²) in [4.78, 5) is 11.8. The fourth-order valence-corrected chi connectivity index (χ4v) is 4.45. The molecule has 0 saturated carbocycles. The topological polar surface area (TPSA) is 41.0 Å². The van der Waals surface area contributed by atoms with E-state index in [1.165, 1.54) is 5.56 Å². The molecule has 1 N–H and O–H groups in total. The van der Waals surface area contributed by atoms with Crippen LogP contribution in [0.4, 0.5) is 5.82 Å². The Labute approximate surface area is 206 Å². The van der Waals surface area contributed by atoms with Gasteiger partial charge in [-0.05, 0) is 99.4 Å². The Hall–Kier alpha value is -3.39. The average Bonchev–Trinajstić information content (AvgIpc) is 2.85. The molecule has 5 rings (SSSR count). The van der Waals surface area contributed by atoms with Crippen LogP contribution < -0.4 is 5.32 Å². The van der Waals surface area contributed by atoms with Crippen molar-refractivity contribution < 1.29 is 0 Å². The number of nitrogens with one attached hydrogen (secondary N) is 1. The number of halogens is 1. The van der Waals surface area contributed by atoms with Crippen LogP contribution in [-0.4, -0.2) is 41.0 Å². The number of hydrogen-bond acceptors (Lipinski definition) is 4. The van der Waals surface area contributed by atoms with Crippen LogP contribution in [0.5, 0.6) is 0 Å². The molecule has 2 aromatic carbocycles. The van der Waals surface area contributed by atoms with Gasteiger partial charge >= 0.3 is 0 Å². The van der Waals surface area contributed by atoms with Crippen molar-refractivity contribution in [2.45, 2.75) is 25.8 Å². The smallest absolute Gasteiger partial charge is 0.127 e. The van der Waals surface area contributed by atoms with Gasteiger partial charge < -0.3 is 10.2 Å². The van der Waals surface area contributed by atoms with Gasteiger partial charge in [0.1, 0.15) is 11.5 Å². The highest BCUT2D eigenvalue weighted by Crippen LogP contribution is 2.24. The van der Waals surface area contributed by atoms with E-state index in [9.17, 15) is 0 Å². The summed E-state index contributed by atoms with van der Waals surface area (Å²) >= 11 is 5.98. The second-order valence-corrected chi connectivity index (χ2v) is 9.40. The van der Waals surface area contributed by atoms with Crippen LogP contribution in [0, 0.1) is 18.8 Å². The zero-order valence-electron chi connectivity index (χ0n) is 19.5. The van der Waals surface area contributed by atoms with E-state index in [0.29, 0.717) is 6.04 Å². The molecule has 4 nitrogen and oxygen atoms in total. The summed E-state index contributed by atoms with van der Waals surface area (Å²) in [7, 11) is 2.18. The molecule has 0 radical (unpaired) electrons. The molecule has 0 amide bonds. The van der Waals surface area contributed by atoms with Crippen molar-refractivity contribution in [3.05, 3.63) is 88.7 Å². The molecule has 5 heteroatoms. The van der Waals surface area contributed by atoms with Gasteiger partial charge in [0.15, 0.2) is 0 Å². The first-order valence-corrected chi connectivity index (χ1v) is 12.0. The van der Waals surface area contributed by atoms with E-state index in [1.54, 1.807) is 0 Å². The number of pyridine rings is 2. The molecule has 2 aromatic heterocycles. The molecule has 34 heavy (non-hydrogen) atoms. The Morgan fingerprint density at radius 3 is 2.44 bits per heavy atom. The van der Waals surface area contributed by atoms with Crippen LogP contribution in [0.25, 0.3) is 22.0 Å². The summed E-state index contributed by atoms with van der Waals surface area (Å²) in [5.74, 6) is 7.40. The van der Waals surface area contributed by atoms with Crippen LogP contribution >= 0.6 is 11.6 Å². The monoisotopic (exact) mass is 466 g/mol. The number of rotatable bonds is 3. The largest absolute Gasteiger partial charge is 0.367 e. The van der Waals surface area contributed by atoms with Crippen molar-refractivity contribution in [2.24, 2.45) is 0 Å². The number of hydrogen-bond donors (Lipinski definition) is 1. The van der Waals surface area contributed by atoms with Crippen molar-refractivity contribution in [2.75, 3.05) is 25.5 Å². The van der Waals surface area contributed by atoms with Crippen LogP contribution in [0.3, 0.4) is 0 Å². The van der Waals surface area contributed by atoms with Crippen molar-refractivity contribution in [3.63, 3.8) is 0 Å². The quantitative estimate of drug-likeness (QED) is 0.367. The van der Waals surface area contributed by atoms with E-state index in [1.807, 2.05) is 48.7 Å². The fourth-order valence-electron chi connectivity index (χ4n) is 4.33. The highest BCUT2D eigenvalue weighted by molar-refractivity contribution is 6.30. The molecule has 0 aliphatic carbocycles. The molecule has 1 saturated heterocycles. The van der Waals surface area contributed by atoms with Crippen LogP contribution in [0.1, 0.15) is 29.7 Å². The standard InChI is InChI=1S/C29H27ClN4/c1-20-17-29(32-26-13-15-34(2)16-14-26)33-28-12-4-21(18-27(20)28)3-10-25-11-7-23(19-31-25)22-5-8-24(30)9-6-22/h4-9,11-12,17-19,26H,13-16H2,1-2H3,(H,32,33). The second kappa shape index (κ2) is 9.85. The summed E-state index contributed by atoms with van der Waals surface area (Å²) in [5, 5.41) is 5.49. The molecule has 1 aliphatic heterocycles. The molecule has 4 aromatic rings. The molecule has 0 bridgehead atoms. The lowest BCUT2D eigenvalue weighted by molar-refractivity contribution is 0.263. The van der Waals surface area contributed by atoms with Gasteiger partial charge in [0.25, 0.3) is 0 Å². The third-order valence-corrected chi connectivity index (χ3v) is 6.61. The molecule has 3 heterocycles. The van der Waals surface area contributed by atoms with Gasteiger partial charge in [-0.25, -0.2) is 9.97 Å². The van der Waals surface area contributed by atoms with Gasteiger partial charge in [0.2, 0.25) is 0 Å². The number of aromatic nitrogens is 2. The molecular weight excluding hydrogens is 440 g/mol.